The number of fused-ring (bicyclic) bond motifs is 1. The van der Waals surface area contributed by atoms with E-state index in [4.69, 9.17) is 5.10 Å². The van der Waals surface area contributed by atoms with E-state index in [1.54, 1.807) is 12.4 Å². The minimum Gasteiger partial charge on any atom is -0.267 e. The summed E-state index contributed by atoms with van der Waals surface area (Å²) in [6.45, 7) is 0.644. The number of nitriles is 1. The van der Waals surface area contributed by atoms with Crippen molar-refractivity contribution in [3.05, 3.63) is 101 Å². The predicted molar refractivity (Wildman–Crippen MR) is 124 cm³/mol. The number of hydrogen-bond donors (Lipinski definition) is 0. The molecule has 0 aliphatic carbocycles. The third kappa shape index (κ3) is 4.00. The van der Waals surface area contributed by atoms with Gasteiger partial charge in [0.05, 0.1) is 22.3 Å². The third-order valence-electron chi connectivity index (χ3n) is 4.86. The fourth-order valence-electron chi connectivity index (χ4n) is 3.41. The first-order valence-electron chi connectivity index (χ1n) is 9.80. The normalized spacial score (nSPS) is 11.5. The Bertz CT molecular complexity index is 1380. The predicted octanol–water partition coefficient (Wildman–Crippen LogP) is 5.67. The Morgan fingerprint density at radius 2 is 1.87 bits per heavy atom. The first kappa shape index (κ1) is 18.9. The molecule has 148 valence electrons. The van der Waals surface area contributed by atoms with Crippen molar-refractivity contribution in [3.8, 4) is 17.3 Å². The van der Waals surface area contributed by atoms with Crippen LogP contribution in [-0.4, -0.2) is 19.7 Å². The highest BCUT2D eigenvalue weighted by Gasteiger charge is 2.14. The molecule has 6 heteroatoms. The average molecular weight is 420 g/mol. The Hall–Kier alpha value is -4.08. The van der Waals surface area contributed by atoms with Gasteiger partial charge in [0.1, 0.15) is 16.8 Å². The van der Waals surface area contributed by atoms with E-state index in [1.807, 2.05) is 71.6 Å². The molecule has 2 aromatic carbocycles. The largest absolute Gasteiger partial charge is 0.267 e. The topological polar surface area (TPSA) is 67.4 Å². The van der Waals surface area contributed by atoms with E-state index in [2.05, 4.69) is 28.2 Å². The molecule has 0 fully saturated rings. The molecular formula is C25H17N5S. The van der Waals surface area contributed by atoms with Crippen LogP contribution in [0.15, 0.2) is 85.3 Å². The van der Waals surface area contributed by atoms with Gasteiger partial charge in [-0.05, 0) is 35.9 Å². The van der Waals surface area contributed by atoms with Crippen LogP contribution < -0.4 is 0 Å². The first-order valence-corrected chi connectivity index (χ1v) is 10.6. The third-order valence-corrected chi connectivity index (χ3v) is 5.93. The molecule has 0 aliphatic rings. The van der Waals surface area contributed by atoms with Crippen molar-refractivity contribution in [2.45, 2.75) is 6.54 Å². The Labute approximate surface area is 183 Å². The number of benzene rings is 2. The van der Waals surface area contributed by atoms with Gasteiger partial charge >= 0.3 is 0 Å². The lowest BCUT2D eigenvalue weighted by Gasteiger charge is -2.01. The van der Waals surface area contributed by atoms with Gasteiger partial charge in [0.25, 0.3) is 0 Å². The molecule has 3 aromatic heterocycles. The summed E-state index contributed by atoms with van der Waals surface area (Å²) in [7, 11) is 0. The standard InChI is InChI=1S/C25H17N5S/c26-14-20(25-28-22-10-4-5-11-23(22)31-25)13-21-17-30(16-18-7-2-1-3-8-18)29-24(21)19-9-6-12-27-15-19/h1-13,15,17H,16H2/b20-13+. The molecule has 3 heterocycles. The lowest BCUT2D eigenvalue weighted by atomic mass is 10.1. The molecule has 5 rings (SSSR count). The number of rotatable bonds is 5. The van der Waals surface area contributed by atoms with E-state index in [-0.39, 0.29) is 0 Å². The molecule has 0 radical (unpaired) electrons. The highest BCUT2D eigenvalue weighted by Crippen LogP contribution is 2.30. The van der Waals surface area contributed by atoms with Crippen molar-refractivity contribution in [2.24, 2.45) is 0 Å². The van der Waals surface area contributed by atoms with Gasteiger partial charge in [-0.3, -0.25) is 9.67 Å². The van der Waals surface area contributed by atoms with Gasteiger partial charge < -0.3 is 0 Å². The van der Waals surface area contributed by atoms with Crippen LogP contribution in [0, 0.1) is 11.3 Å². The minimum atomic E-state index is 0.519. The minimum absolute atomic E-state index is 0.519. The van der Waals surface area contributed by atoms with E-state index in [0.717, 1.165) is 32.6 Å². The summed E-state index contributed by atoms with van der Waals surface area (Å²) in [5.74, 6) is 0. The van der Waals surface area contributed by atoms with Gasteiger partial charge in [-0.2, -0.15) is 10.4 Å². The van der Waals surface area contributed by atoms with E-state index in [9.17, 15) is 5.26 Å². The van der Waals surface area contributed by atoms with E-state index in [1.165, 1.54) is 11.3 Å². The van der Waals surface area contributed by atoms with Gasteiger partial charge in [-0.1, -0.05) is 42.5 Å². The second kappa shape index (κ2) is 8.34. The van der Waals surface area contributed by atoms with Crippen LogP contribution >= 0.6 is 11.3 Å². The first-order chi connectivity index (χ1) is 15.3. The summed E-state index contributed by atoms with van der Waals surface area (Å²) in [6, 6.07) is 24.3. The monoisotopic (exact) mass is 419 g/mol. The Morgan fingerprint density at radius 3 is 2.65 bits per heavy atom. The molecule has 31 heavy (non-hydrogen) atoms. The molecular weight excluding hydrogens is 402 g/mol. The average Bonchev–Trinajstić information content (AvgIpc) is 3.42. The molecule has 0 amide bonds. The Kier molecular flexibility index (Phi) is 5.09. The summed E-state index contributed by atoms with van der Waals surface area (Å²) in [6.07, 6.45) is 7.37. The zero-order valence-corrected chi connectivity index (χ0v) is 17.3. The van der Waals surface area contributed by atoms with Crippen LogP contribution in [0.5, 0.6) is 0 Å². The van der Waals surface area contributed by atoms with Crippen LogP contribution in [-0.2, 0) is 6.54 Å². The molecule has 0 saturated heterocycles. The molecule has 0 atom stereocenters. The number of aromatic nitrogens is 4. The van der Waals surface area contributed by atoms with Gasteiger partial charge in [0.15, 0.2) is 0 Å². The highest BCUT2D eigenvalue weighted by molar-refractivity contribution is 7.19. The number of allylic oxidation sites excluding steroid dienone is 1. The molecule has 0 unspecified atom stereocenters. The SMILES string of the molecule is N#C/C(=C\c1cn(Cc2ccccc2)nc1-c1cccnc1)c1nc2ccccc2s1. The number of pyridine rings is 1. The van der Waals surface area contributed by atoms with E-state index < -0.39 is 0 Å². The maximum atomic E-state index is 9.88. The van der Waals surface area contributed by atoms with Crippen LogP contribution in [0.2, 0.25) is 0 Å². The summed E-state index contributed by atoms with van der Waals surface area (Å²) < 4.78 is 2.96. The van der Waals surface area contributed by atoms with Gasteiger partial charge in [0, 0.05) is 29.7 Å². The number of hydrogen-bond acceptors (Lipinski definition) is 5. The van der Waals surface area contributed by atoms with Crippen LogP contribution in [0.3, 0.4) is 0 Å². The summed E-state index contributed by atoms with van der Waals surface area (Å²) in [5, 5.41) is 15.4. The van der Waals surface area contributed by atoms with Crippen LogP contribution in [0.25, 0.3) is 33.1 Å². The van der Waals surface area contributed by atoms with Crippen molar-refractivity contribution in [1.82, 2.24) is 19.7 Å². The molecule has 5 aromatic rings. The maximum absolute atomic E-state index is 9.88. The summed E-state index contributed by atoms with van der Waals surface area (Å²) in [4.78, 5) is 8.88. The van der Waals surface area contributed by atoms with Crippen molar-refractivity contribution in [1.29, 1.82) is 5.26 Å². The van der Waals surface area contributed by atoms with Crippen LogP contribution in [0.4, 0.5) is 0 Å². The van der Waals surface area contributed by atoms with Gasteiger partial charge in [-0.25, -0.2) is 4.98 Å². The van der Waals surface area contributed by atoms with Crippen molar-refractivity contribution in [3.63, 3.8) is 0 Å². The molecule has 0 bridgehead atoms. The lowest BCUT2D eigenvalue weighted by molar-refractivity contribution is 0.689. The number of nitrogens with zero attached hydrogens (tertiary/aromatic N) is 5. The number of thiazole rings is 1. The highest BCUT2D eigenvalue weighted by atomic mass is 32.1. The van der Waals surface area contributed by atoms with E-state index >= 15 is 0 Å². The second-order valence-corrected chi connectivity index (χ2v) is 8.05. The zero-order valence-electron chi connectivity index (χ0n) is 16.5. The van der Waals surface area contributed by atoms with Crippen molar-refractivity contribution in [2.75, 3.05) is 0 Å². The Morgan fingerprint density at radius 1 is 1.03 bits per heavy atom. The molecule has 0 spiro atoms. The second-order valence-electron chi connectivity index (χ2n) is 7.01. The van der Waals surface area contributed by atoms with E-state index in [0.29, 0.717) is 17.1 Å². The quantitative estimate of drug-likeness (QED) is 0.344. The lowest BCUT2D eigenvalue weighted by Crippen LogP contribution is -2.00. The molecule has 0 aliphatic heterocycles. The maximum Gasteiger partial charge on any atom is 0.135 e. The van der Waals surface area contributed by atoms with Crippen molar-refractivity contribution >= 4 is 33.2 Å². The fourth-order valence-corrected chi connectivity index (χ4v) is 4.34. The zero-order chi connectivity index (χ0) is 21.0. The van der Waals surface area contributed by atoms with Crippen molar-refractivity contribution < 1.29 is 0 Å². The van der Waals surface area contributed by atoms with Gasteiger partial charge in [0.2, 0.25) is 0 Å². The molecule has 0 saturated carbocycles. The molecule has 0 N–H and O–H groups in total. The molecule has 5 nitrogen and oxygen atoms in total. The Balaban J connectivity index is 1.59. The van der Waals surface area contributed by atoms with Crippen LogP contribution in [0.1, 0.15) is 16.1 Å². The summed E-state index contributed by atoms with van der Waals surface area (Å²) >= 11 is 1.52. The smallest absolute Gasteiger partial charge is 0.135 e. The number of para-hydroxylation sites is 1. The fraction of sp³-hybridized carbons (Fsp3) is 0.0400. The summed E-state index contributed by atoms with van der Waals surface area (Å²) in [5.41, 5.74) is 5.13. The van der Waals surface area contributed by atoms with Gasteiger partial charge in [-0.15, -0.1) is 11.3 Å².